The average Bonchev–Trinajstić information content (AvgIpc) is 3.10. The number of carbonyl (C=O) groups excluding carboxylic acids is 1. The molecule has 1 N–H and O–H groups in total. The predicted octanol–water partition coefficient (Wildman–Crippen LogP) is 7.49. The zero-order chi connectivity index (χ0) is 34.7. The summed E-state index contributed by atoms with van der Waals surface area (Å²) in [4.78, 5) is 16.7. The van der Waals surface area contributed by atoms with Gasteiger partial charge in [-0.1, -0.05) is 24.8 Å². The molecule has 0 saturated carbocycles. The molecule has 0 unspecified atom stereocenters. The topological polar surface area (TPSA) is 81.7 Å². The summed E-state index contributed by atoms with van der Waals surface area (Å²) in [6.07, 6.45) is 3.78. The molecule has 0 aliphatic carbocycles. The van der Waals surface area contributed by atoms with Gasteiger partial charge in [0, 0.05) is 31.2 Å². The Morgan fingerprint density at radius 2 is 1.53 bits per heavy atom. The number of aryl methyl sites for hydroxylation is 1. The van der Waals surface area contributed by atoms with Crippen molar-refractivity contribution in [3.63, 3.8) is 0 Å². The fourth-order valence-corrected chi connectivity index (χ4v) is 6.73. The van der Waals surface area contributed by atoms with Crippen LogP contribution in [-0.4, -0.2) is 64.2 Å². The van der Waals surface area contributed by atoms with Crippen LogP contribution in [0.1, 0.15) is 39.4 Å². The number of hydrogen-bond acceptors (Lipinski definition) is 8. The number of ether oxygens (including phenoxy) is 5. The van der Waals surface area contributed by atoms with E-state index in [9.17, 15) is 4.79 Å². The number of likely N-dealkylation sites (N-methyl/N-ethyl adjacent to an activating group) is 2. The van der Waals surface area contributed by atoms with Gasteiger partial charge in [-0.25, -0.2) is 0 Å². The quantitative estimate of drug-likeness (QED) is 0.165. The lowest BCUT2D eigenvalue weighted by molar-refractivity contribution is -0.111. The molecule has 0 radical (unpaired) electrons. The first-order valence-corrected chi connectivity index (χ1v) is 16.6. The van der Waals surface area contributed by atoms with Gasteiger partial charge >= 0.3 is 0 Å². The van der Waals surface area contributed by atoms with Gasteiger partial charge < -0.3 is 33.9 Å². The molecular weight excluding hydrogens is 618 g/mol. The zero-order valence-electron chi connectivity index (χ0n) is 29.2. The molecule has 1 atom stereocenters. The highest BCUT2D eigenvalue weighted by atomic mass is 16.5. The van der Waals surface area contributed by atoms with E-state index in [4.69, 9.17) is 23.7 Å². The second-order valence-corrected chi connectivity index (χ2v) is 12.8. The van der Waals surface area contributed by atoms with Crippen LogP contribution in [0, 0.1) is 6.92 Å². The number of fused-ring (bicyclic) bond motifs is 2. The molecule has 9 heteroatoms. The summed E-state index contributed by atoms with van der Waals surface area (Å²) in [5.74, 6) is 4.12. The van der Waals surface area contributed by atoms with Gasteiger partial charge in [0.1, 0.15) is 5.75 Å². The molecule has 256 valence electrons. The molecule has 0 aromatic heterocycles. The molecule has 1 amide bonds. The summed E-state index contributed by atoms with van der Waals surface area (Å²) in [7, 11) is 9.28. The van der Waals surface area contributed by atoms with Crippen LogP contribution in [-0.2, 0) is 30.6 Å². The fourth-order valence-electron chi connectivity index (χ4n) is 6.73. The van der Waals surface area contributed by atoms with Crippen molar-refractivity contribution in [2.75, 3.05) is 53.8 Å². The molecule has 2 aliphatic rings. The van der Waals surface area contributed by atoms with E-state index >= 15 is 0 Å². The molecule has 9 nitrogen and oxygen atoms in total. The summed E-state index contributed by atoms with van der Waals surface area (Å²) in [6, 6.07) is 20.0. The van der Waals surface area contributed by atoms with Gasteiger partial charge in [0.05, 0.1) is 27.0 Å². The SMILES string of the molecule is C=CC(=O)Nc1ccc(C)cc1Oc1ccc(C[C@H]2c3c(cc(OC)c(OC)c3Oc3cc4c(cc3OC)CCN(C)C4)CCN2C)cc1. The van der Waals surface area contributed by atoms with Gasteiger partial charge in [-0.2, -0.15) is 0 Å². The molecule has 6 rings (SSSR count). The Balaban J connectivity index is 1.33. The van der Waals surface area contributed by atoms with Gasteiger partial charge in [-0.15, -0.1) is 0 Å². The lowest BCUT2D eigenvalue weighted by atomic mass is 9.87. The third-order valence-electron chi connectivity index (χ3n) is 9.41. The number of methoxy groups -OCH3 is 3. The van der Waals surface area contributed by atoms with E-state index in [0.29, 0.717) is 45.9 Å². The smallest absolute Gasteiger partial charge is 0.247 e. The predicted molar refractivity (Wildman–Crippen MR) is 192 cm³/mol. The standard InChI is InChI=1S/C40H45N3O6/c1-8-37(44)41-31-14-9-25(2)19-33(31)48-30-12-10-26(11-13-30)20-32-38-28(16-18-43(32)4)22-36(46-6)39(47-7)40(38)49-35-23-29-24-42(3)17-15-27(29)21-34(35)45-5/h8-14,19,21-23,32H,1,15-18,20,24H2,2-7H3,(H,41,44)/t32-/m0/s1. The minimum atomic E-state index is -0.295. The molecule has 4 aromatic rings. The average molecular weight is 664 g/mol. The van der Waals surface area contributed by atoms with E-state index in [1.165, 1.54) is 22.8 Å². The van der Waals surface area contributed by atoms with Crippen LogP contribution in [0.25, 0.3) is 0 Å². The van der Waals surface area contributed by atoms with E-state index in [2.05, 4.69) is 66.1 Å². The van der Waals surface area contributed by atoms with Gasteiger partial charge in [0.15, 0.2) is 28.7 Å². The monoisotopic (exact) mass is 663 g/mol. The number of anilines is 1. The Morgan fingerprint density at radius 1 is 0.816 bits per heavy atom. The molecular formula is C40H45N3O6. The zero-order valence-corrected chi connectivity index (χ0v) is 29.2. The van der Waals surface area contributed by atoms with Crippen molar-refractivity contribution >= 4 is 11.6 Å². The van der Waals surface area contributed by atoms with Crippen molar-refractivity contribution in [3.8, 4) is 40.2 Å². The molecule has 0 saturated heterocycles. The summed E-state index contributed by atoms with van der Waals surface area (Å²) in [5, 5.41) is 2.82. The van der Waals surface area contributed by atoms with Crippen LogP contribution in [0.4, 0.5) is 5.69 Å². The van der Waals surface area contributed by atoms with Crippen molar-refractivity contribution in [2.24, 2.45) is 0 Å². The number of amides is 1. The maximum Gasteiger partial charge on any atom is 0.247 e. The minimum Gasteiger partial charge on any atom is -0.493 e. The number of benzene rings is 4. The van der Waals surface area contributed by atoms with Crippen molar-refractivity contribution in [1.82, 2.24) is 9.80 Å². The Morgan fingerprint density at radius 3 is 2.24 bits per heavy atom. The Hall–Kier alpha value is -4.99. The molecule has 4 aromatic carbocycles. The molecule has 0 fully saturated rings. The number of nitrogens with zero attached hydrogens (tertiary/aromatic N) is 2. The number of nitrogens with one attached hydrogen (secondary N) is 1. The minimum absolute atomic E-state index is 0.00225. The lowest BCUT2D eigenvalue weighted by Gasteiger charge is -2.37. The van der Waals surface area contributed by atoms with Gasteiger partial charge in [-0.3, -0.25) is 9.69 Å². The number of carbonyl (C=O) groups is 1. The normalized spacial score (nSPS) is 15.8. The van der Waals surface area contributed by atoms with Crippen LogP contribution >= 0.6 is 0 Å². The summed E-state index contributed by atoms with van der Waals surface area (Å²) < 4.78 is 30.8. The van der Waals surface area contributed by atoms with E-state index in [1.807, 2.05) is 37.3 Å². The highest BCUT2D eigenvalue weighted by molar-refractivity contribution is 6.00. The first kappa shape index (κ1) is 33.9. The molecule has 2 heterocycles. The van der Waals surface area contributed by atoms with Crippen molar-refractivity contribution < 1.29 is 28.5 Å². The van der Waals surface area contributed by atoms with E-state index in [1.54, 1.807) is 21.3 Å². The Kier molecular flexibility index (Phi) is 10.1. The first-order chi connectivity index (χ1) is 23.7. The maximum atomic E-state index is 12.0. The molecule has 2 aliphatic heterocycles. The lowest BCUT2D eigenvalue weighted by Crippen LogP contribution is -2.34. The van der Waals surface area contributed by atoms with E-state index < -0.39 is 0 Å². The van der Waals surface area contributed by atoms with Gasteiger partial charge in [0.25, 0.3) is 0 Å². The summed E-state index contributed by atoms with van der Waals surface area (Å²) in [5.41, 5.74) is 7.50. The molecule has 0 bridgehead atoms. The fraction of sp³-hybridized carbons (Fsp3) is 0.325. The Labute approximate surface area is 289 Å². The highest BCUT2D eigenvalue weighted by Crippen LogP contribution is 2.51. The van der Waals surface area contributed by atoms with Gasteiger partial charge in [-0.05, 0) is 117 Å². The largest absolute Gasteiger partial charge is 0.493 e. The second kappa shape index (κ2) is 14.6. The molecule has 0 spiro atoms. The van der Waals surface area contributed by atoms with Crippen LogP contribution in [0.3, 0.4) is 0 Å². The third kappa shape index (κ3) is 7.23. The molecule has 49 heavy (non-hydrogen) atoms. The van der Waals surface area contributed by atoms with Crippen LogP contribution in [0.5, 0.6) is 40.2 Å². The Bertz CT molecular complexity index is 1850. The summed E-state index contributed by atoms with van der Waals surface area (Å²) in [6.45, 7) is 8.28. The number of hydrogen-bond donors (Lipinski definition) is 1. The first-order valence-electron chi connectivity index (χ1n) is 16.6. The third-order valence-corrected chi connectivity index (χ3v) is 9.41. The van der Waals surface area contributed by atoms with E-state index in [-0.39, 0.29) is 11.9 Å². The van der Waals surface area contributed by atoms with Crippen molar-refractivity contribution in [3.05, 3.63) is 107 Å². The van der Waals surface area contributed by atoms with E-state index in [0.717, 1.165) is 55.6 Å². The highest BCUT2D eigenvalue weighted by Gasteiger charge is 2.33. The van der Waals surface area contributed by atoms with Crippen LogP contribution in [0.2, 0.25) is 0 Å². The number of rotatable bonds is 11. The maximum absolute atomic E-state index is 12.0. The summed E-state index contributed by atoms with van der Waals surface area (Å²) >= 11 is 0. The van der Waals surface area contributed by atoms with Crippen LogP contribution in [0.15, 0.2) is 73.3 Å². The van der Waals surface area contributed by atoms with Crippen molar-refractivity contribution in [1.29, 1.82) is 0 Å². The second-order valence-electron chi connectivity index (χ2n) is 12.8. The van der Waals surface area contributed by atoms with Gasteiger partial charge in [0.2, 0.25) is 11.7 Å². The van der Waals surface area contributed by atoms with Crippen molar-refractivity contribution in [2.45, 2.75) is 38.8 Å². The van der Waals surface area contributed by atoms with Crippen LogP contribution < -0.4 is 29.0 Å².